The molecular weight excluding hydrogens is 493 g/mol. The monoisotopic (exact) mass is 525 g/mol. The van der Waals surface area contributed by atoms with E-state index in [9.17, 15) is 14.7 Å². The number of carbonyl (C=O) groups excluding carboxylic acids is 2. The lowest BCUT2D eigenvalue weighted by Crippen LogP contribution is -2.45. The average Bonchev–Trinajstić information content (AvgIpc) is 2.77. The molecule has 2 aromatic rings. The Morgan fingerprint density at radius 1 is 1.09 bits per heavy atom. The van der Waals surface area contributed by atoms with Gasteiger partial charge in [0, 0.05) is 29.4 Å². The molecule has 0 heterocycles. The van der Waals surface area contributed by atoms with Crippen LogP contribution in [0.3, 0.4) is 0 Å². The molecule has 0 aliphatic carbocycles. The quantitative estimate of drug-likeness (QED) is 0.376. The molecule has 0 bridgehead atoms. The van der Waals surface area contributed by atoms with Gasteiger partial charge in [-0.15, -0.1) is 0 Å². The molecule has 2 rings (SSSR count). The van der Waals surface area contributed by atoms with Crippen LogP contribution in [0, 0.1) is 5.41 Å². The molecule has 2 aromatic carbocycles. The van der Waals surface area contributed by atoms with Gasteiger partial charge in [0.15, 0.2) is 0 Å². The highest BCUT2D eigenvalue weighted by molar-refractivity contribution is 7.98. The number of aliphatic hydroxyl groups is 1. The van der Waals surface area contributed by atoms with E-state index >= 15 is 0 Å². The first-order valence-corrected chi connectivity index (χ1v) is 13.1. The first-order chi connectivity index (χ1) is 15.9. The van der Waals surface area contributed by atoms with E-state index in [1.807, 2.05) is 46.1 Å². The second-order valence-electron chi connectivity index (χ2n) is 9.21. The van der Waals surface area contributed by atoms with Gasteiger partial charge in [0.25, 0.3) is 0 Å². The molecule has 0 aliphatic heterocycles. The number of thioether (sulfide) groups is 1. The number of amides is 3. The van der Waals surface area contributed by atoms with Crippen LogP contribution in [-0.4, -0.2) is 46.5 Å². The first kappa shape index (κ1) is 28.3. The van der Waals surface area contributed by atoms with Crippen LogP contribution in [0.5, 0.6) is 0 Å². The van der Waals surface area contributed by atoms with Gasteiger partial charge in [-0.3, -0.25) is 4.79 Å². The third-order valence-corrected chi connectivity index (χ3v) is 6.79. The lowest BCUT2D eigenvalue weighted by molar-refractivity contribution is -0.128. The fourth-order valence-electron chi connectivity index (χ4n) is 3.15. The molecule has 0 saturated heterocycles. The summed E-state index contributed by atoms with van der Waals surface area (Å²) >= 11 is 13.7. The van der Waals surface area contributed by atoms with Gasteiger partial charge in [0.1, 0.15) is 0 Å². The van der Waals surface area contributed by atoms with Crippen LogP contribution in [0.15, 0.2) is 42.5 Å². The van der Waals surface area contributed by atoms with E-state index in [1.165, 1.54) is 0 Å². The minimum Gasteiger partial charge on any atom is -0.387 e. The zero-order valence-corrected chi connectivity index (χ0v) is 22.5. The molecule has 3 amide bonds. The van der Waals surface area contributed by atoms with Crippen LogP contribution in [0.4, 0.5) is 10.5 Å². The predicted octanol–water partition coefficient (Wildman–Crippen LogP) is 5.97. The molecule has 0 radical (unpaired) electrons. The Kier molecular flexibility index (Phi) is 10.6. The van der Waals surface area contributed by atoms with Crippen molar-refractivity contribution in [2.45, 2.75) is 46.4 Å². The van der Waals surface area contributed by atoms with Crippen molar-refractivity contribution in [1.82, 2.24) is 10.2 Å². The van der Waals surface area contributed by atoms with Crippen molar-refractivity contribution in [3.8, 4) is 0 Å². The lowest BCUT2D eigenvalue weighted by atomic mass is 9.95. The molecule has 3 N–H and O–H groups in total. The average molecular weight is 527 g/mol. The largest absolute Gasteiger partial charge is 0.387 e. The molecular formula is C25H33Cl2N3O3S. The number of rotatable bonds is 9. The van der Waals surface area contributed by atoms with E-state index in [0.717, 1.165) is 5.56 Å². The molecule has 0 saturated carbocycles. The van der Waals surface area contributed by atoms with E-state index < -0.39 is 11.5 Å². The van der Waals surface area contributed by atoms with Crippen molar-refractivity contribution < 1.29 is 14.7 Å². The Bertz CT molecular complexity index is 980. The zero-order chi connectivity index (χ0) is 25.5. The number of aliphatic hydroxyl groups excluding tert-OH is 1. The maximum absolute atomic E-state index is 13.1. The van der Waals surface area contributed by atoms with Gasteiger partial charge in [-0.1, -0.05) is 62.2 Å². The van der Waals surface area contributed by atoms with E-state index in [2.05, 4.69) is 10.6 Å². The van der Waals surface area contributed by atoms with Gasteiger partial charge < -0.3 is 20.6 Å². The number of nitrogens with one attached hydrogen (secondary N) is 2. The second-order valence-corrected chi connectivity index (χ2v) is 10.9. The number of carbonyl (C=O) groups is 2. The number of halogens is 2. The van der Waals surface area contributed by atoms with E-state index in [0.29, 0.717) is 33.6 Å². The number of anilines is 1. The van der Waals surface area contributed by atoms with Gasteiger partial charge in [0.05, 0.1) is 22.7 Å². The van der Waals surface area contributed by atoms with Crippen molar-refractivity contribution in [2.24, 2.45) is 5.41 Å². The first-order valence-electron chi connectivity index (χ1n) is 11.0. The Balaban J connectivity index is 2.07. The van der Waals surface area contributed by atoms with Crippen LogP contribution in [-0.2, 0) is 11.3 Å². The summed E-state index contributed by atoms with van der Waals surface area (Å²) in [5.41, 5.74) is 1.69. The van der Waals surface area contributed by atoms with E-state index in [-0.39, 0.29) is 24.5 Å². The number of benzene rings is 2. The lowest BCUT2D eigenvalue weighted by Gasteiger charge is -2.31. The summed E-state index contributed by atoms with van der Waals surface area (Å²) in [5.74, 6) is 0.692. The number of urea groups is 1. The van der Waals surface area contributed by atoms with Crippen LogP contribution in [0.1, 0.15) is 44.9 Å². The summed E-state index contributed by atoms with van der Waals surface area (Å²) in [4.78, 5) is 26.8. The van der Waals surface area contributed by atoms with Crippen molar-refractivity contribution in [1.29, 1.82) is 0 Å². The molecule has 9 heteroatoms. The molecule has 34 heavy (non-hydrogen) atoms. The summed E-state index contributed by atoms with van der Waals surface area (Å²) in [6.45, 7) is 8.05. The standard InChI is InChI=1S/C25H33Cl2N3O3S/c1-16(15-34-5)30(14-22(31)18-8-11-20(26)21(27)12-18)24(33)29-19-9-6-17(7-10-19)13-28-23(32)25(2,3)4/h6-12,16,22,31H,13-15H2,1-5H3,(H,28,32)(H,29,33)/t16?,22-/m1/s1. The maximum atomic E-state index is 13.1. The Morgan fingerprint density at radius 2 is 1.74 bits per heavy atom. The third kappa shape index (κ3) is 8.38. The maximum Gasteiger partial charge on any atom is 0.322 e. The van der Waals surface area contributed by atoms with Crippen molar-refractivity contribution in [2.75, 3.05) is 23.9 Å². The molecule has 2 atom stereocenters. The third-order valence-electron chi connectivity index (χ3n) is 5.24. The SMILES string of the molecule is CSCC(C)N(C[C@@H](O)c1ccc(Cl)c(Cl)c1)C(=O)Nc1ccc(CNC(=O)C(C)(C)C)cc1. The van der Waals surface area contributed by atoms with Gasteiger partial charge >= 0.3 is 6.03 Å². The van der Waals surface area contributed by atoms with Crippen LogP contribution in [0.2, 0.25) is 10.0 Å². The second kappa shape index (κ2) is 12.7. The number of hydrogen-bond acceptors (Lipinski definition) is 4. The normalized spacial score (nSPS) is 13.2. The summed E-state index contributed by atoms with van der Waals surface area (Å²) in [6, 6.07) is 11.8. The van der Waals surface area contributed by atoms with Gasteiger partial charge in [0.2, 0.25) is 5.91 Å². The van der Waals surface area contributed by atoms with Crippen molar-refractivity contribution in [3.05, 3.63) is 63.6 Å². The van der Waals surface area contributed by atoms with E-state index in [4.69, 9.17) is 23.2 Å². The molecule has 1 unspecified atom stereocenters. The topological polar surface area (TPSA) is 81.7 Å². The Morgan fingerprint density at radius 3 is 2.29 bits per heavy atom. The summed E-state index contributed by atoms with van der Waals surface area (Å²) < 4.78 is 0. The zero-order valence-electron chi connectivity index (χ0n) is 20.2. The minimum atomic E-state index is -0.918. The summed E-state index contributed by atoms with van der Waals surface area (Å²) in [6.07, 6.45) is 1.05. The fourth-order valence-corrected chi connectivity index (χ4v) is 4.12. The predicted molar refractivity (Wildman–Crippen MR) is 143 cm³/mol. The van der Waals surface area contributed by atoms with Gasteiger partial charge in [-0.05, 0) is 48.6 Å². The number of hydrogen-bond donors (Lipinski definition) is 3. The highest BCUT2D eigenvalue weighted by atomic mass is 35.5. The molecule has 186 valence electrons. The molecule has 0 fully saturated rings. The van der Waals surface area contributed by atoms with Crippen LogP contribution >= 0.6 is 35.0 Å². The Labute approximate surface area is 216 Å². The van der Waals surface area contributed by atoms with Crippen LogP contribution < -0.4 is 10.6 Å². The number of nitrogens with zero attached hydrogens (tertiary/aromatic N) is 1. The highest BCUT2D eigenvalue weighted by Gasteiger charge is 2.24. The van der Waals surface area contributed by atoms with E-state index in [1.54, 1.807) is 47.0 Å². The summed E-state index contributed by atoms with van der Waals surface area (Å²) in [7, 11) is 0. The van der Waals surface area contributed by atoms with Crippen LogP contribution in [0.25, 0.3) is 0 Å². The minimum absolute atomic E-state index is 0.0242. The Hall–Kier alpha value is -1.93. The highest BCUT2D eigenvalue weighted by Crippen LogP contribution is 2.27. The van der Waals surface area contributed by atoms with Crippen molar-refractivity contribution >= 4 is 52.6 Å². The van der Waals surface area contributed by atoms with Gasteiger partial charge in [-0.25, -0.2) is 4.79 Å². The fraction of sp³-hybridized carbons (Fsp3) is 0.440. The smallest absolute Gasteiger partial charge is 0.322 e. The summed E-state index contributed by atoms with van der Waals surface area (Å²) in [5, 5.41) is 17.3. The van der Waals surface area contributed by atoms with Gasteiger partial charge in [-0.2, -0.15) is 11.8 Å². The molecule has 6 nitrogen and oxygen atoms in total. The molecule has 0 aliphatic rings. The van der Waals surface area contributed by atoms with Crippen molar-refractivity contribution in [3.63, 3.8) is 0 Å². The molecule has 0 aromatic heterocycles. The molecule has 0 spiro atoms.